The molecule has 0 aliphatic rings. The van der Waals surface area contributed by atoms with Crippen LogP contribution >= 0.6 is 15.9 Å². The number of halogens is 4. The van der Waals surface area contributed by atoms with Crippen LogP contribution in [0.4, 0.5) is 13.2 Å². The van der Waals surface area contributed by atoms with Crippen molar-refractivity contribution >= 4 is 26.8 Å². The Balaban J connectivity index is 2.26. The number of fused-ring (bicyclic) bond motifs is 1. The molecule has 0 spiro atoms. The number of pyridine rings is 1. The summed E-state index contributed by atoms with van der Waals surface area (Å²) in [6.07, 6.45) is -5.27. The van der Waals surface area contributed by atoms with Crippen molar-refractivity contribution in [3.63, 3.8) is 0 Å². The number of nitrogens with zero attached hydrogens (tertiary/aromatic N) is 1. The largest absolute Gasteiger partial charge is 0.389 e. The van der Waals surface area contributed by atoms with Crippen molar-refractivity contribution in [3.05, 3.63) is 40.5 Å². The smallest absolute Gasteiger partial charge is 0.323 e. The number of hydrogen-bond donors (Lipinski definition) is 1. The maximum atomic E-state index is 12.2. The van der Waals surface area contributed by atoms with E-state index in [4.69, 9.17) is 5.73 Å². The Labute approximate surface area is 116 Å². The molecule has 2 N–H and O–H groups in total. The molecule has 2 aromatic rings. The molecule has 0 saturated heterocycles. The molecule has 19 heavy (non-hydrogen) atoms. The molecule has 6 heteroatoms. The number of alkyl halides is 3. The third-order valence-electron chi connectivity index (χ3n) is 2.79. The van der Waals surface area contributed by atoms with Crippen molar-refractivity contribution in [3.8, 4) is 0 Å². The minimum atomic E-state index is -4.19. The van der Waals surface area contributed by atoms with E-state index in [0.717, 1.165) is 10.9 Å². The maximum absolute atomic E-state index is 12.2. The molecule has 0 aliphatic carbocycles. The van der Waals surface area contributed by atoms with Crippen LogP contribution in [0.1, 0.15) is 24.6 Å². The van der Waals surface area contributed by atoms with Crippen molar-refractivity contribution in [1.82, 2.24) is 4.98 Å². The molecule has 1 unspecified atom stereocenters. The van der Waals surface area contributed by atoms with E-state index in [1.807, 2.05) is 30.3 Å². The second-order valence-corrected chi connectivity index (χ2v) is 5.16. The molecule has 0 fully saturated rings. The average Bonchev–Trinajstić information content (AvgIpc) is 2.34. The van der Waals surface area contributed by atoms with E-state index in [0.29, 0.717) is 10.2 Å². The van der Waals surface area contributed by atoms with E-state index in [1.54, 1.807) is 0 Å². The first-order chi connectivity index (χ1) is 8.87. The number of para-hydroxylation sites is 1. The average molecular weight is 333 g/mol. The van der Waals surface area contributed by atoms with Crippen molar-refractivity contribution < 1.29 is 13.2 Å². The van der Waals surface area contributed by atoms with Crippen molar-refractivity contribution in [2.24, 2.45) is 5.73 Å². The topological polar surface area (TPSA) is 38.9 Å². The molecule has 102 valence electrons. The number of hydrogen-bond acceptors (Lipinski definition) is 2. The van der Waals surface area contributed by atoms with E-state index < -0.39 is 18.6 Å². The van der Waals surface area contributed by atoms with E-state index >= 15 is 0 Å². The summed E-state index contributed by atoms with van der Waals surface area (Å²) in [6, 6.07) is 8.49. The van der Waals surface area contributed by atoms with Gasteiger partial charge in [-0.1, -0.05) is 18.2 Å². The highest BCUT2D eigenvalue weighted by molar-refractivity contribution is 9.10. The van der Waals surface area contributed by atoms with Crippen molar-refractivity contribution in [1.29, 1.82) is 0 Å². The standard InChI is InChI=1S/C13H12BrF3N2/c14-9-7-8-3-1-2-4-11(8)19-12(9)10(18)5-6-13(15,16)17/h1-4,7,10H,5-6,18H2. The van der Waals surface area contributed by atoms with Gasteiger partial charge in [0.25, 0.3) is 0 Å². The van der Waals surface area contributed by atoms with Crippen molar-refractivity contribution in [2.75, 3.05) is 0 Å². The summed E-state index contributed by atoms with van der Waals surface area (Å²) >= 11 is 3.31. The van der Waals surface area contributed by atoms with Gasteiger partial charge in [0, 0.05) is 22.3 Å². The van der Waals surface area contributed by atoms with Gasteiger partial charge >= 0.3 is 6.18 Å². The lowest BCUT2D eigenvalue weighted by Crippen LogP contribution is -2.17. The molecule has 0 saturated carbocycles. The van der Waals surface area contributed by atoms with E-state index in [2.05, 4.69) is 20.9 Å². The summed E-state index contributed by atoms with van der Waals surface area (Å²) in [5, 5.41) is 0.918. The van der Waals surface area contributed by atoms with Crippen LogP contribution in [0.5, 0.6) is 0 Å². The van der Waals surface area contributed by atoms with Gasteiger partial charge in [-0.15, -0.1) is 0 Å². The predicted octanol–water partition coefficient (Wildman–Crippen LogP) is 4.34. The quantitative estimate of drug-likeness (QED) is 0.907. The Bertz CT molecular complexity index is 584. The fourth-order valence-corrected chi connectivity index (χ4v) is 2.45. The van der Waals surface area contributed by atoms with Crippen LogP contribution in [0, 0.1) is 0 Å². The van der Waals surface area contributed by atoms with Gasteiger partial charge in [0.05, 0.1) is 11.2 Å². The molecule has 1 atom stereocenters. The van der Waals surface area contributed by atoms with Crippen LogP contribution in [-0.2, 0) is 0 Å². The van der Waals surface area contributed by atoms with Crippen LogP contribution in [0.3, 0.4) is 0 Å². The molecule has 0 aliphatic heterocycles. The Hall–Kier alpha value is -1.14. The maximum Gasteiger partial charge on any atom is 0.389 e. The summed E-state index contributed by atoms with van der Waals surface area (Å²) in [5.74, 6) is 0. The highest BCUT2D eigenvalue weighted by Gasteiger charge is 2.28. The lowest BCUT2D eigenvalue weighted by molar-refractivity contribution is -0.136. The summed E-state index contributed by atoms with van der Waals surface area (Å²) in [5.41, 5.74) is 6.99. The summed E-state index contributed by atoms with van der Waals surface area (Å²) in [7, 11) is 0. The van der Waals surface area contributed by atoms with E-state index in [1.165, 1.54) is 0 Å². The normalized spacial score (nSPS) is 13.7. The molecular formula is C13H12BrF3N2. The van der Waals surface area contributed by atoms with E-state index in [9.17, 15) is 13.2 Å². The van der Waals surface area contributed by atoms with Gasteiger partial charge in [-0.3, -0.25) is 0 Å². The molecule has 1 aromatic heterocycles. The first-order valence-electron chi connectivity index (χ1n) is 5.74. The van der Waals surface area contributed by atoms with Crippen LogP contribution in [-0.4, -0.2) is 11.2 Å². The molecule has 2 rings (SSSR count). The molecule has 2 nitrogen and oxygen atoms in total. The van der Waals surface area contributed by atoms with Gasteiger partial charge in [0.15, 0.2) is 0 Å². The van der Waals surface area contributed by atoms with Crippen LogP contribution < -0.4 is 5.73 Å². The molecule has 1 heterocycles. The van der Waals surface area contributed by atoms with Crippen LogP contribution in [0.15, 0.2) is 34.8 Å². The minimum absolute atomic E-state index is 0.173. The highest BCUT2D eigenvalue weighted by atomic mass is 79.9. The number of benzene rings is 1. The minimum Gasteiger partial charge on any atom is -0.323 e. The zero-order chi connectivity index (χ0) is 14.0. The number of nitrogens with two attached hydrogens (primary N) is 1. The molecule has 0 radical (unpaired) electrons. The summed E-state index contributed by atoms with van der Waals surface area (Å²) < 4.78 is 37.2. The zero-order valence-corrected chi connectivity index (χ0v) is 11.5. The third kappa shape index (κ3) is 3.67. The molecule has 1 aromatic carbocycles. The van der Waals surface area contributed by atoms with Gasteiger partial charge in [-0.05, 0) is 34.5 Å². The lowest BCUT2D eigenvalue weighted by Gasteiger charge is -2.15. The Morgan fingerprint density at radius 1 is 1.26 bits per heavy atom. The van der Waals surface area contributed by atoms with Gasteiger partial charge < -0.3 is 5.73 Å². The van der Waals surface area contributed by atoms with Crippen molar-refractivity contribution in [2.45, 2.75) is 25.1 Å². The van der Waals surface area contributed by atoms with Gasteiger partial charge in [-0.25, -0.2) is 4.98 Å². The number of rotatable bonds is 3. The Morgan fingerprint density at radius 3 is 2.63 bits per heavy atom. The fourth-order valence-electron chi connectivity index (χ4n) is 1.82. The second kappa shape index (κ2) is 5.46. The summed E-state index contributed by atoms with van der Waals surface area (Å²) in [4.78, 5) is 4.34. The monoisotopic (exact) mass is 332 g/mol. The predicted molar refractivity (Wildman–Crippen MR) is 71.7 cm³/mol. The van der Waals surface area contributed by atoms with Gasteiger partial charge in [0.1, 0.15) is 0 Å². The van der Waals surface area contributed by atoms with E-state index in [-0.39, 0.29) is 6.42 Å². The summed E-state index contributed by atoms with van der Waals surface area (Å²) in [6.45, 7) is 0. The Morgan fingerprint density at radius 2 is 1.95 bits per heavy atom. The highest BCUT2D eigenvalue weighted by Crippen LogP contribution is 2.30. The third-order valence-corrected chi connectivity index (χ3v) is 3.43. The SMILES string of the molecule is NC(CCC(F)(F)F)c1nc2ccccc2cc1Br. The second-order valence-electron chi connectivity index (χ2n) is 4.31. The van der Waals surface area contributed by atoms with Gasteiger partial charge in [-0.2, -0.15) is 13.2 Å². The Kier molecular flexibility index (Phi) is 4.10. The zero-order valence-electron chi connectivity index (χ0n) is 9.91. The first-order valence-corrected chi connectivity index (χ1v) is 6.53. The molecular weight excluding hydrogens is 321 g/mol. The fraction of sp³-hybridized carbons (Fsp3) is 0.308. The molecule has 0 amide bonds. The van der Waals surface area contributed by atoms with Gasteiger partial charge in [0.2, 0.25) is 0 Å². The lowest BCUT2D eigenvalue weighted by atomic mass is 10.1. The number of aromatic nitrogens is 1. The van der Waals surface area contributed by atoms with Crippen LogP contribution in [0.25, 0.3) is 10.9 Å². The molecule has 0 bridgehead atoms. The van der Waals surface area contributed by atoms with Crippen LogP contribution in [0.2, 0.25) is 0 Å². The first kappa shape index (κ1) is 14.3.